The Labute approximate surface area is 263 Å². The van der Waals surface area contributed by atoms with Gasteiger partial charge in [-0.3, -0.25) is 19.8 Å². The summed E-state index contributed by atoms with van der Waals surface area (Å²) in [6.45, 7) is 5.09. The molecule has 0 bridgehead atoms. The molecule has 232 valence electrons. The van der Waals surface area contributed by atoms with Crippen LogP contribution in [-0.4, -0.2) is 66.7 Å². The van der Waals surface area contributed by atoms with E-state index in [1.54, 1.807) is 87.5 Å². The smallest absolute Gasteiger partial charge is 0.373 e. The third kappa shape index (κ3) is 7.10. The first kappa shape index (κ1) is 31.1. The molecule has 1 aromatic heterocycles. The van der Waals surface area contributed by atoms with Gasteiger partial charge in [0.25, 0.3) is 5.72 Å². The molecule has 4 aromatic rings. The minimum atomic E-state index is -1.95. The zero-order chi connectivity index (χ0) is 32.2. The van der Waals surface area contributed by atoms with Crippen molar-refractivity contribution in [3.8, 4) is 11.4 Å². The van der Waals surface area contributed by atoms with Crippen LogP contribution in [0.25, 0.3) is 5.69 Å². The van der Waals surface area contributed by atoms with Crippen molar-refractivity contribution in [1.29, 1.82) is 0 Å². The first-order valence-corrected chi connectivity index (χ1v) is 14.3. The summed E-state index contributed by atoms with van der Waals surface area (Å²) in [6, 6.07) is 19.1. The minimum Gasteiger partial charge on any atom is -0.456 e. The topological polar surface area (TPSA) is 158 Å². The second-order valence-corrected chi connectivity index (χ2v) is 11.7. The van der Waals surface area contributed by atoms with Gasteiger partial charge < -0.3 is 14.8 Å². The zero-order valence-corrected chi connectivity index (χ0v) is 25.4. The Hall–Kier alpha value is -5.30. The lowest BCUT2D eigenvalue weighted by molar-refractivity contribution is -0.177. The predicted octanol–water partition coefficient (Wildman–Crippen LogP) is 3.07. The van der Waals surface area contributed by atoms with Crippen LogP contribution in [-0.2, 0) is 36.8 Å². The standard InChI is InChI=1S/C31H30ClN7O6/c1-30(2,3)45-29(43)31(17-21-11-7-8-12-26(21)44-31)34-28(42)25(15-20-9-5-4-6-10-20)39(27(41)18-40)35-23-16-22(32)13-14-24(23)38-19-33-36-37-38/h4-14,16,18-19,25,35H,15,17H2,1-3H3,(H,34,42). The Bertz CT molecular complexity index is 1680. The van der Waals surface area contributed by atoms with E-state index in [-0.39, 0.29) is 29.8 Å². The van der Waals surface area contributed by atoms with Crippen LogP contribution in [0, 0.1) is 0 Å². The number of carbonyl (C=O) groups is 4. The van der Waals surface area contributed by atoms with E-state index in [4.69, 9.17) is 21.1 Å². The third-order valence-electron chi connectivity index (χ3n) is 6.77. The second kappa shape index (κ2) is 12.7. The lowest BCUT2D eigenvalue weighted by Crippen LogP contribution is -2.64. The number of ether oxygens (including phenoxy) is 2. The number of fused-ring (bicyclic) bond motifs is 1. The van der Waals surface area contributed by atoms with Gasteiger partial charge in [-0.2, -0.15) is 4.68 Å². The molecule has 0 radical (unpaired) electrons. The van der Waals surface area contributed by atoms with Crippen LogP contribution in [0.15, 0.2) is 79.1 Å². The summed E-state index contributed by atoms with van der Waals surface area (Å²) in [5, 5.41) is 15.1. The highest BCUT2D eigenvalue weighted by Crippen LogP contribution is 2.35. The van der Waals surface area contributed by atoms with E-state index < -0.39 is 35.2 Å². The van der Waals surface area contributed by atoms with E-state index >= 15 is 0 Å². The van der Waals surface area contributed by atoms with E-state index in [0.717, 1.165) is 5.01 Å². The second-order valence-electron chi connectivity index (χ2n) is 11.3. The molecule has 1 aliphatic heterocycles. The first-order valence-electron chi connectivity index (χ1n) is 13.9. The van der Waals surface area contributed by atoms with Crippen LogP contribution in [0.5, 0.6) is 5.75 Å². The molecule has 14 heteroatoms. The van der Waals surface area contributed by atoms with Crippen LogP contribution < -0.4 is 15.5 Å². The van der Waals surface area contributed by atoms with Crippen LogP contribution in [0.2, 0.25) is 5.02 Å². The van der Waals surface area contributed by atoms with Gasteiger partial charge in [-0.25, -0.2) is 9.80 Å². The maximum absolute atomic E-state index is 14.4. The number of nitrogens with zero attached hydrogens (tertiary/aromatic N) is 5. The van der Waals surface area contributed by atoms with Crippen LogP contribution in [0.1, 0.15) is 31.9 Å². The van der Waals surface area contributed by atoms with Crippen molar-refractivity contribution in [1.82, 2.24) is 30.5 Å². The first-order chi connectivity index (χ1) is 21.5. The van der Waals surface area contributed by atoms with Crippen molar-refractivity contribution in [3.05, 3.63) is 95.3 Å². The number of aromatic nitrogens is 4. The van der Waals surface area contributed by atoms with E-state index in [9.17, 15) is 19.2 Å². The fourth-order valence-corrected chi connectivity index (χ4v) is 4.97. The van der Waals surface area contributed by atoms with Crippen molar-refractivity contribution in [3.63, 3.8) is 0 Å². The maximum atomic E-state index is 14.4. The molecule has 2 N–H and O–H groups in total. The molecule has 2 heterocycles. The van der Waals surface area contributed by atoms with Crippen LogP contribution in [0.4, 0.5) is 5.69 Å². The quantitative estimate of drug-likeness (QED) is 0.115. The SMILES string of the molecule is CC(C)(C)OC(=O)C1(NC(=O)C(Cc2ccccc2)N(Nc2cc(Cl)ccc2-n2cnnn2)C(=O)C=O)Cc2ccccc2O1. The largest absolute Gasteiger partial charge is 0.456 e. The van der Waals surface area contributed by atoms with Gasteiger partial charge in [-0.1, -0.05) is 60.1 Å². The van der Waals surface area contributed by atoms with Crippen LogP contribution >= 0.6 is 11.6 Å². The average Bonchev–Trinajstić information content (AvgIpc) is 3.67. The Morgan fingerprint density at radius 3 is 2.51 bits per heavy atom. The molecular formula is C31H30ClN7O6. The van der Waals surface area contributed by atoms with Crippen molar-refractivity contribution in [2.75, 3.05) is 5.43 Å². The fourth-order valence-electron chi connectivity index (χ4n) is 4.80. The third-order valence-corrected chi connectivity index (χ3v) is 7.00. The summed E-state index contributed by atoms with van der Waals surface area (Å²) in [6.07, 6.45) is 1.31. The highest BCUT2D eigenvalue weighted by Gasteiger charge is 2.51. The van der Waals surface area contributed by atoms with Gasteiger partial charge in [-0.15, -0.1) is 5.10 Å². The lowest BCUT2D eigenvalue weighted by atomic mass is 10.0. The van der Waals surface area contributed by atoms with Gasteiger partial charge in [0.05, 0.1) is 11.4 Å². The number of aldehydes is 1. The van der Waals surface area contributed by atoms with E-state index in [0.29, 0.717) is 22.6 Å². The Balaban J connectivity index is 1.56. The number of hydrogen-bond donors (Lipinski definition) is 2. The highest BCUT2D eigenvalue weighted by atomic mass is 35.5. The summed E-state index contributed by atoms with van der Waals surface area (Å²) in [5.74, 6) is -2.30. The number of hydrogen-bond acceptors (Lipinski definition) is 10. The Kier molecular flexibility index (Phi) is 8.82. The number of rotatable bonds is 10. The van der Waals surface area contributed by atoms with Gasteiger partial charge in [0.15, 0.2) is 0 Å². The summed E-state index contributed by atoms with van der Waals surface area (Å²) in [4.78, 5) is 53.3. The predicted molar refractivity (Wildman–Crippen MR) is 162 cm³/mol. The summed E-state index contributed by atoms with van der Waals surface area (Å²) >= 11 is 6.29. The van der Waals surface area contributed by atoms with Crippen LogP contribution in [0.3, 0.4) is 0 Å². The number of anilines is 1. The molecule has 2 amide bonds. The molecule has 0 saturated carbocycles. The Morgan fingerprint density at radius 2 is 1.84 bits per heavy atom. The molecule has 2 unspecified atom stereocenters. The number of nitrogens with one attached hydrogen (secondary N) is 2. The monoisotopic (exact) mass is 631 g/mol. The number of esters is 1. The molecule has 13 nitrogen and oxygen atoms in total. The van der Waals surface area contributed by atoms with Gasteiger partial charge in [-0.05, 0) is 61.0 Å². The van der Waals surface area contributed by atoms with Crippen molar-refractivity contribution < 1.29 is 28.7 Å². The van der Waals surface area contributed by atoms with E-state index in [2.05, 4.69) is 26.3 Å². The summed E-state index contributed by atoms with van der Waals surface area (Å²) in [7, 11) is 0. The number of tetrazole rings is 1. The minimum absolute atomic E-state index is 0.0331. The van der Waals surface area contributed by atoms with Gasteiger partial charge in [0.2, 0.25) is 12.2 Å². The van der Waals surface area contributed by atoms with Gasteiger partial charge in [0, 0.05) is 23.4 Å². The summed E-state index contributed by atoms with van der Waals surface area (Å²) in [5.41, 5.74) is 1.94. The number of benzene rings is 3. The molecule has 0 spiro atoms. The van der Waals surface area contributed by atoms with E-state index in [1.165, 1.54) is 17.1 Å². The molecule has 3 aromatic carbocycles. The number of amides is 2. The molecule has 0 fully saturated rings. The molecule has 2 atom stereocenters. The summed E-state index contributed by atoms with van der Waals surface area (Å²) < 4.78 is 13.1. The van der Waals surface area contributed by atoms with E-state index in [1.807, 2.05) is 0 Å². The van der Waals surface area contributed by atoms with Crippen molar-refractivity contribution in [2.45, 2.75) is 51.0 Å². The number of halogens is 1. The lowest BCUT2D eigenvalue weighted by Gasteiger charge is -2.35. The van der Waals surface area contributed by atoms with Crippen molar-refractivity contribution >= 4 is 41.4 Å². The molecule has 45 heavy (non-hydrogen) atoms. The zero-order valence-electron chi connectivity index (χ0n) is 24.6. The molecule has 5 rings (SSSR count). The normalized spacial score (nSPS) is 16.1. The Morgan fingerprint density at radius 1 is 1.11 bits per heavy atom. The van der Waals surface area contributed by atoms with Crippen molar-refractivity contribution in [2.24, 2.45) is 0 Å². The van der Waals surface area contributed by atoms with Gasteiger partial charge in [0.1, 0.15) is 23.7 Å². The molecule has 0 saturated heterocycles. The molecular weight excluding hydrogens is 602 g/mol. The number of hydrazine groups is 1. The molecule has 1 aliphatic rings. The number of carbonyl (C=O) groups excluding carboxylic acids is 4. The molecule has 0 aliphatic carbocycles. The highest BCUT2D eigenvalue weighted by molar-refractivity contribution is 6.31. The number of para-hydroxylation sites is 1. The van der Waals surface area contributed by atoms with Gasteiger partial charge >= 0.3 is 11.9 Å². The fraction of sp³-hybridized carbons (Fsp3) is 0.258. The average molecular weight is 632 g/mol. The maximum Gasteiger partial charge on any atom is 0.373 e.